The average Bonchev–Trinajstić information content (AvgIpc) is 3.09. The van der Waals surface area contributed by atoms with Crippen LogP contribution in [0.4, 0.5) is 13.2 Å². The summed E-state index contributed by atoms with van der Waals surface area (Å²) in [5.74, 6) is -0.448. The van der Waals surface area contributed by atoms with Gasteiger partial charge in [-0.1, -0.05) is 0 Å². The van der Waals surface area contributed by atoms with E-state index in [9.17, 15) is 21.6 Å². The van der Waals surface area contributed by atoms with E-state index < -0.39 is 22.1 Å². The Labute approximate surface area is 157 Å². The molecule has 0 fully saturated rings. The number of thiophene rings is 1. The van der Waals surface area contributed by atoms with Gasteiger partial charge in [0.2, 0.25) is 16.4 Å². The van der Waals surface area contributed by atoms with Gasteiger partial charge in [-0.2, -0.15) is 4.31 Å². The van der Waals surface area contributed by atoms with Gasteiger partial charge in [-0.15, -0.1) is 24.5 Å². The lowest BCUT2D eigenvalue weighted by Gasteiger charge is -2.26. The second-order valence-electron chi connectivity index (χ2n) is 5.22. The Kier molecular flexibility index (Phi) is 6.81. The molecule has 0 saturated carbocycles. The minimum Gasteiger partial charge on any atom is -0.406 e. The molecule has 0 unspecified atom stereocenters. The number of nitrogens with zero attached hydrogens (tertiary/aromatic N) is 1. The first-order chi connectivity index (χ1) is 12.7. The molecule has 1 aromatic heterocycles. The van der Waals surface area contributed by atoms with E-state index >= 15 is 0 Å². The SMILES string of the molecule is O=CNO.O=S(=O)(c1ccc(OC(F)(F)F)cc1)N1CCc2ccsc2C1. The predicted molar refractivity (Wildman–Crippen MR) is 89.7 cm³/mol. The van der Waals surface area contributed by atoms with Crippen LogP contribution >= 0.6 is 11.3 Å². The Morgan fingerprint density at radius 2 is 1.85 bits per heavy atom. The highest BCUT2D eigenvalue weighted by molar-refractivity contribution is 7.89. The monoisotopic (exact) mass is 424 g/mol. The molecule has 2 N–H and O–H groups in total. The van der Waals surface area contributed by atoms with E-state index in [4.69, 9.17) is 10.0 Å². The molecule has 0 radical (unpaired) electrons. The van der Waals surface area contributed by atoms with Crippen LogP contribution < -0.4 is 10.2 Å². The van der Waals surface area contributed by atoms with Crippen LogP contribution in [-0.2, 0) is 27.8 Å². The zero-order valence-electron chi connectivity index (χ0n) is 13.6. The van der Waals surface area contributed by atoms with Crippen LogP contribution in [-0.4, -0.2) is 37.2 Å². The number of hydrogen-bond acceptors (Lipinski definition) is 6. The van der Waals surface area contributed by atoms with Crippen molar-refractivity contribution in [3.05, 3.63) is 46.2 Å². The van der Waals surface area contributed by atoms with Crippen molar-refractivity contribution < 1.29 is 36.3 Å². The molecule has 1 aromatic carbocycles. The lowest BCUT2D eigenvalue weighted by Crippen LogP contribution is -2.35. The number of hydrogen-bond donors (Lipinski definition) is 2. The third-order valence-corrected chi connectivity index (χ3v) is 6.34. The predicted octanol–water partition coefficient (Wildman–Crippen LogP) is 2.52. The topological polar surface area (TPSA) is 95.9 Å². The smallest absolute Gasteiger partial charge is 0.406 e. The molecule has 0 aliphatic carbocycles. The average molecular weight is 424 g/mol. The zero-order valence-corrected chi connectivity index (χ0v) is 15.3. The number of ether oxygens (including phenoxy) is 1. The maximum atomic E-state index is 12.6. The fraction of sp³-hybridized carbons (Fsp3) is 0.267. The molecule has 0 atom stereocenters. The summed E-state index contributed by atoms with van der Waals surface area (Å²) in [6.45, 7) is 0.642. The van der Waals surface area contributed by atoms with Gasteiger partial charge in [0, 0.05) is 18.0 Å². The number of carbonyl (C=O) groups excluding carboxylic acids is 1. The van der Waals surface area contributed by atoms with E-state index in [1.54, 1.807) is 0 Å². The number of sulfonamides is 1. The number of fused-ring (bicyclic) bond motifs is 1. The number of halogens is 3. The van der Waals surface area contributed by atoms with Crippen LogP contribution in [0.1, 0.15) is 10.4 Å². The van der Waals surface area contributed by atoms with E-state index in [0.717, 1.165) is 34.7 Å². The van der Waals surface area contributed by atoms with Gasteiger partial charge in [0.15, 0.2) is 0 Å². The molecule has 0 bridgehead atoms. The molecule has 0 saturated heterocycles. The van der Waals surface area contributed by atoms with Crippen LogP contribution in [0.2, 0.25) is 0 Å². The van der Waals surface area contributed by atoms with Gasteiger partial charge >= 0.3 is 6.36 Å². The maximum absolute atomic E-state index is 12.6. The molecule has 1 aliphatic heterocycles. The Balaban J connectivity index is 0.000000596. The molecule has 0 spiro atoms. The van der Waals surface area contributed by atoms with Crippen LogP contribution in [0.25, 0.3) is 0 Å². The Bertz CT molecular complexity index is 866. The molecule has 12 heteroatoms. The van der Waals surface area contributed by atoms with Crippen LogP contribution in [0, 0.1) is 0 Å². The second kappa shape index (κ2) is 8.69. The van der Waals surface area contributed by atoms with E-state index in [0.29, 0.717) is 13.0 Å². The lowest BCUT2D eigenvalue weighted by atomic mass is 10.1. The van der Waals surface area contributed by atoms with Crippen molar-refractivity contribution in [3.63, 3.8) is 0 Å². The van der Waals surface area contributed by atoms with Gasteiger partial charge < -0.3 is 4.74 Å². The van der Waals surface area contributed by atoms with Crippen molar-refractivity contribution in [2.75, 3.05) is 6.54 Å². The van der Waals surface area contributed by atoms with Gasteiger partial charge in [0.1, 0.15) is 5.75 Å². The molecule has 2 aromatic rings. The summed E-state index contributed by atoms with van der Waals surface area (Å²) in [6.07, 6.45) is -3.99. The molecule has 1 aliphatic rings. The quantitative estimate of drug-likeness (QED) is 0.447. The summed E-state index contributed by atoms with van der Waals surface area (Å²) >= 11 is 1.50. The van der Waals surface area contributed by atoms with Gasteiger partial charge in [-0.3, -0.25) is 10.0 Å². The summed E-state index contributed by atoms with van der Waals surface area (Å²) in [4.78, 5) is 9.76. The molecule has 148 valence electrons. The fourth-order valence-electron chi connectivity index (χ4n) is 2.38. The first-order valence-electron chi connectivity index (χ1n) is 7.42. The number of hydroxylamine groups is 1. The van der Waals surface area contributed by atoms with Crippen molar-refractivity contribution in [3.8, 4) is 5.75 Å². The Morgan fingerprint density at radius 3 is 2.41 bits per heavy atom. The molecule has 7 nitrogen and oxygen atoms in total. The summed E-state index contributed by atoms with van der Waals surface area (Å²) in [6, 6.07) is 6.23. The van der Waals surface area contributed by atoms with E-state index in [1.165, 1.54) is 21.1 Å². The summed E-state index contributed by atoms with van der Waals surface area (Å²) in [5.41, 5.74) is 2.40. The largest absolute Gasteiger partial charge is 0.573 e. The zero-order chi connectivity index (χ0) is 20.1. The first kappa shape index (κ1) is 21.2. The number of carbonyl (C=O) groups is 1. The van der Waals surface area contributed by atoms with Crippen LogP contribution in [0.15, 0.2) is 40.6 Å². The number of alkyl halides is 3. The van der Waals surface area contributed by atoms with Gasteiger partial charge in [-0.05, 0) is 47.7 Å². The Hall–Kier alpha value is -2.15. The number of rotatable bonds is 4. The first-order valence-corrected chi connectivity index (χ1v) is 9.74. The molecule has 27 heavy (non-hydrogen) atoms. The van der Waals surface area contributed by atoms with Gasteiger partial charge in [0.05, 0.1) is 4.90 Å². The highest BCUT2D eigenvalue weighted by atomic mass is 32.2. The fourth-order valence-corrected chi connectivity index (χ4v) is 4.82. The molecule has 1 amide bonds. The van der Waals surface area contributed by atoms with Crippen molar-refractivity contribution in [2.24, 2.45) is 0 Å². The number of benzene rings is 1. The summed E-state index contributed by atoms with van der Waals surface area (Å²) < 4.78 is 66.6. The van der Waals surface area contributed by atoms with E-state index in [-0.39, 0.29) is 17.9 Å². The van der Waals surface area contributed by atoms with E-state index in [2.05, 4.69) is 4.74 Å². The molecular weight excluding hydrogens is 409 g/mol. The molecule has 2 heterocycles. The summed E-state index contributed by atoms with van der Waals surface area (Å²) in [7, 11) is -3.74. The van der Waals surface area contributed by atoms with Crippen LogP contribution in [0.5, 0.6) is 5.75 Å². The minimum absolute atomic E-state index is 0.0490. The standard InChI is InChI=1S/C14H12F3NO3S2.CH3NO2/c15-14(16,17)21-11-1-3-12(4-2-11)23(19,20)18-7-5-10-6-8-22-13(10)9-18;3-1-2-4/h1-4,6,8H,5,7,9H2;1,4H,(H,2,3). The van der Waals surface area contributed by atoms with Crippen molar-refractivity contribution in [1.29, 1.82) is 0 Å². The van der Waals surface area contributed by atoms with Crippen molar-refractivity contribution >= 4 is 27.8 Å². The van der Waals surface area contributed by atoms with Crippen molar-refractivity contribution in [2.45, 2.75) is 24.2 Å². The van der Waals surface area contributed by atoms with Gasteiger partial charge in [-0.25, -0.2) is 13.9 Å². The summed E-state index contributed by atoms with van der Waals surface area (Å²) in [5, 5.41) is 9.18. The normalized spacial score (nSPS) is 14.5. The van der Waals surface area contributed by atoms with Gasteiger partial charge in [0.25, 0.3) is 0 Å². The second-order valence-corrected chi connectivity index (χ2v) is 8.16. The Morgan fingerprint density at radius 1 is 1.22 bits per heavy atom. The third kappa shape index (κ3) is 5.66. The minimum atomic E-state index is -4.80. The highest BCUT2D eigenvalue weighted by Gasteiger charge is 2.32. The number of amides is 1. The lowest BCUT2D eigenvalue weighted by molar-refractivity contribution is -0.274. The van der Waals surface area contributed by atoms with E-state index in [1.807, 2.05) is 11.4 Å². The maximum Gasteiger partial charge on any atom is 0.573 e. The molecular formula is C15H15F3N2O5S2. The highest BCUT2D eigenvalue weighted by Crippen LogP contribution is 2.29. The van der Waals surface area contributed by atoms with Crippen LogP contribution in [0.3, 0.4) is 0 Å². The van der Waals surface area contributed by atoms with Crippen molar-refractivity contribution in [1.82, 2.24) is 9.79 Å². The number of nitrogens with one attached hydrogen (secondary N) is 1. The molecule has 3 rings (SSSR count). The third-order valence-electron chi connectivity index (χ3n) is 3.54.